The number of hydrogen-bond acceptors (Lipinski definition) is 4. The number of aromatic nitrogens is 1. The van der Waals surface area contributed by atoms with Gasteiger partial charge in [-0.15, -0.1) is 0 Å². The molecule has 19 heavy (non-hydrogen) atoms. The van der Waals surface area contributed by atoms with Crippen molar-refractivity contribution in [1.82, 2.24) is 4.98 Å². The molecular weight excluding hydrogens is 287 g/mol. The quantitative estimate of drug-likeness (QED) is 0.601. The molecule has 0 aliphatic carbocycles. The number of carbonyl (C=O) groups excluding carboxylic acids is 1. The third-order valence-corrected chi connectivity index (χ3v) is 2.85. The fourth-order valence-corrected chi connectivity index (χ4v) is 1.85. The number of hydrogen-bond donors (Lipinski definition) is 3. The van der Waals surface area contributed by atoms with Crippen LogP contribution < -0.4 is 16.6 Å². The van der Waals surface area contributed by atoms with E-state index < -0.39 is 0 Å². The summed E-state index contributed by atoms with van der Waals surface area (Å²) in [5, 5.41) is 3.49. The van der Waals surface area contributed by atoms with E-state index in [2.05, 4.69) is 15.7 Å². The zero-order valence-corrected chi connectivity index (χ0v) is 11.2. The molecule has 0 atom stereocenters. The van der Waals surface area contributed by atoms with Crippen molar-refractivity contribution >= 4 is 40.6 Å². The van der Waals surface area contributed by atoms with E-state index in [1.807, 2.05) is 0 Å². The Kier molecular flexibility index (Phi) is 4.21. The van der Waals surface area contributed by atoms with Gasteiger partial charge in [0.05, 0.1) is 10.6 Å². The SMILES string of the molecule is NNc1ncc(C(=O)Nc2cccc(Cl)c2)cc1Cl. The molecule has 0 saturated heterocycles. The second-order valence-corrected chi connectivity index (χ2v) is 4.51. The number of rotatable bonds is 3. The van der Waals surface area contributed by atoms with E-state index in [0.29, 0.717) is 22.1 Å². The highest BCUT2D eigenvalue weighted by Gasteiger charge is 2.10. The molecule has 4 N–H and O–H groups in total. The molecule has 2 rings (SSSR count). The van der Waals surface area contributed by atoms with E-state index in [9.17, 15) is 4.79 Å². The van der Waals surface area contributed by atoms with Crippen LogP contribution in [0.25, 0.3) is 0 Å². The Hall–Kier alpha value is -1.82. The Balaban J connectivity index is 2.18. The first-order chi connectivity index (χ1) is 9.10. The summed E-state index contributed by atoms with van der Waals surface area (Å²) in [5.74, 6) is 5.18. The van der Waals surface area contributed by atoms with Crippen LogP contribution >= 0.6 is 23.2 Å². The van der Waals surface area contributed by atoms with Gasteiger partial charge >= 0.3 is 0 Å². The molecule has 2 aromatic rings. The van der Waals surface area contributed by atoms with Crippen LogP contribution in [-0.2, 0) is 0 Å². The summed E-state index contributed by atoms with van der Waals surface area (Å²) < 4.78 is 0. The van der Waals surface area contributed by atoms with Crippen molar-refractivity contribution in [3.8, 4) is 0 Å². The maximum atomic E-state index is 12.0. The van der Waals surface area contributed by atoms with Crippen molar-refractivity contribution in [3.63, 3.8) is 0 Å². The van der Waals surface area contributed by atoms with Crippen molar-refractivity contribution in [2.24, 2.45) is 5.84 Å². The number of pyridine rings is 1. The number of benzene rings is 1. The molecule has 1 heterocycles. The first kappa shape index (κ1) is 13.6. The van der Waals surface area contributed by atoms with Crippen LogP contribution in [0.4, 0.5) is 11.5 Å². The summed E-state index contributed by atoms with van der Waals surface area (Å²) in [6.45, 7) is 0. The van der Waals surface area contributed by atoms with E-state index in [0.717, 1.165) is 0 Å². The summed E-state index contributed by atoms with van der Waals surface area (Å²) in [6, 6.07) is 8.31. The monoisotopic (exact) mass is 296 g/mol. The number of hydrazine groups is 1. The highest BCUT2D eigenvalue weighted by Crippen LogP contribution is 2.20. The molecule has 1 aromatic carbocycles. The Bertz CT molecular complexity index is 618. The van der Waals surface area contributed by atoms with Crippen molar-refractivity contribution in [2.75, 3.05) is 10.7 Å². The molecule has 1 aromatic heterocycles. The Morgan fingerprint density at radius 1 is 1.26 bits per heavy atom. The van der Waals surface area contributed by atoms with E-state index in [-0.39, 0.29) is 10.9 Å². The summed E-state index contributed by atoms with van der Waals surface area (Å²) in [5.41, 5.74) is 3.24. The van der Waals surface area contributed by atoms with Crippen LogP contribution in [0.1, 0.15) is 10.4 Å². The predicted octanol–water partition coefficient (Wildman–Crippen LogP) is 2.93. The Morgan fingerprint density at radius 2 is 2.05 bits per heavy atom. The molecular formula is C12H10Cl2N4O. The normalized spacial score (nSPS) is 10.1. The lowest BCUT2D eigenvalue weighted by Crippen LogP contribution is -2.14. The lowest BCUT2D eigenvalue weighted by atomic mass is 10.2. The first-order valence-corrected chi connectivity index (χ1v) is 6.05. The van der Waals surface area contributed by atoms with Crippen molar-refractivity contribution < 1.29 is 4.79 Å². The number of halogens is 2. The fraction of sp³-hybridized carbons (Fsp3) is 0. The number of anilines is 2. The van der Waals surface area contributed by atoms with Crippen LogP contribution in [0, 0.1) is 0 Å². The molecule has 0 aliphatic rings. The predicted molar refractivity (Wildman–Crippen MR) is 76.5 cm³/mol. The number of nitrogens with two attached hydrogens (primary N) is 1. The van der Waals surface area contributed by atoms with Gasteiger partial charge in [0, 0.05) is 16.9 Å². The van der Waals surface area contributed by atoms with E-state index in [1.165, 1.54) is 12.3 Å². The smallest absolute Gasteiger partial charge is 0.257 e. The molecule has 0 radical (unpaired) electrons. The molecule has 5 nitrogen and oxygen atoms in total. The third-order valence-electron chi connectivity index (χ3n) is 2.32. The second kappa shape index (κ2) is 5.88. The first-order valence-electron chi connectivity index (χ1n) is 5.29. The molecule has 0 saturated carbocycles. The van der Waals surface area contributed by atoms with Gasteiger partial charge in [-0.1, -0.05) is 29.3 Å². The van der Waals surface area contributed by atoms with Crippen molar-refractivity contribution in [3.05, 3.63) is 52.1 Å². The minimum Gasteiger partial charge on any atom is -0.322 e. The molecule has 0 aliphatic heterocycles. The number of amides is 1. The highest BCUT2D eigenvalue weighted by atomic mass is 35.5. The van der Waals surface area contributed by atoms with E-state index in [1.54, 1.807) is 24.3 Å². The van der Waals surface area contributed by atoms with Gasteiger partial charge in [-0.3, -0.25) is 4.79 Å². The number of nitrogen functional groups attached to an aromatic ring is 1. The summed E-state index contributed by atoms with van der Waals surface area (Å²) >= 11 is 11.7. The third kappa shape index (κ3) is 3.35. The van der Waals surface area contributed by atoms with Crippen LogP contribution in [-0.4, -0.2) is 10.9 Å². The number of nitrogens with zero attached hydrogens (tertiary/aromatic N) is 1. The minimum absolute atomic E-state index is 0.265. The van der Waals surface area contributed by atoms with E-state index in [4.69, 9.17) is 29.0 Å². The van der Waals surface area contributed by atoms with E-state index >= 15 is 0 Å². The number of nitrogens with one attached hydrogen (secondary N) is 2. The zero-order valence-electron chi connectivity index (χ0n) is 9.65. The van der Waals surface area contributed by atoms with Gasteiger partial charge in [0.15, 0.2) is 5.82 Å². The largest absolute Gasteiger partial charge is 0.322 e. The van der Waals surface area contributed by atoms with Gasteiger partial charge < -0.3 is 10.7 Å². The van der Waals surface area contributed by atoms with Crippen LogP contribution in [0.2, 0.25) is 10.0 Å². The molecule has 0 unspecified atom stereocenters. The maximum Gasteiger partial charge on any atom is 0.257 e. The molecule has 7 heteroatoms. The maximum absolute atomic E-state index is 12.0. The van der Waals surface area contributed by atoms with Crippen molar-refractivity contribution in [2.45, 2.75) is 0 Å². The summed E-state index contributed by atoms with van der Waals surface area (Å²) in [4.78, 5) is 15.9. The van der Waals surface area contributed by atoms with Gasteiger partial charge in [0.1, 0.15) is 0 Å². The lowest BCUT2D eigenvalue weighted by molar-refractivity contribution is 0.102. The van der Waals surface area contributed by atoms with Crippen LogP contribution in [0.5, 0.6) is 0 Å². The zero-order chi connectivity index (χ0) is 13.8. The molecule has 1 amide bonds. The lowest BCUT2D eigenvalue weighted by Gasteiger charge is -2.07. The summed E-state index contributed by atoms with van der Waals surface area (Å²) in [7, 11) is 0. The minimum atomic E-state index is -0.333. The second-order valence-electron chi connectivity index (χ2n) is 3.66. The van der Waals surface area contributed by atoms with Gasteiger partial charge in [0.25, 0.3) is 5.91 Å². The fourth-order valence-electron chi connectivity index (χ4n) is 1.44. The van der Waals surface area contributed by atoms with Gasteiger partial charge in [-0.05, 0) is 24.3 Å². The van der Waals surface area contributed by atoms with Gasteiger partial charge in [0.2, 0.25) is 0 Å². The average Bonchev–Trinajstić information content (AvgIpc) is 2.38. The molecule has 0 bridgehead atoms. The van der Waals surface area contributed by atoms with Crippen LogP contribution in [0.15, 0.2) is 36.5 Å². The average molecular weight is 297 g/mol. The summed E-state index contributed by atoms with van der Waals surface area (Å²) in [6.07, 6.45) is 1.38. The number of carbonyl (C=O) groups is 1. The highest BCUT2D eigenvalue weighted by molar-refractivity contribution is 6.33. The van der Waals surface area contributed by atoms with Crippen LogP contribution in [0.3, 0.4) is 0 Å². The van der Waals surface area contributed by atoms with Gasteiger partial charge in [-0.2, -0.15) is 0 Å². The topological polar surface area (TPSA) is 80.0 Å². The Morgan fingerprint density at radius 3 is 2.68 bits per heavy atom. The standard InChI is InChI=1S/C12H10Cl2N4O/c13-8-2-1-3-9(5-8)17-12(19)7-4-10(14)11(18-15)16-6-7/h1-6H,15H2,(H,16,18)(H,17,19). The molecule has 98 valence electrons. The molecule has 0 fully saturated rings. The van der Waals surface area contributed by atoms with Gasteiger partial charge in [-0.25, -0.2) is 10.8 Å². The Labute approximate surface area is 119 Å². The molecule has 0 spiro atoms. The van der Waals surface area contributed by atoms with Crippen molar-refractivity contribution in [1.29, 1.82) is 0 Å².